The van der Waals surface area contributed by atoms with E-state index in [1.54, 1.807) is 24.3 Å². The number of Topliss-reactive ketones (excluding diaryl/α,β-unsaturated/α-hetero) is 1. The van der Waals surface area contributed by atoms with Crippen molar-refractivity contribution in [3.05, 3.63) is 75.3 Å². The first kappa shape index (κ1) is 22.0. The Balaban J connectivity index is 2.17. The minimum atomic E-state index is -0.855. The van der Waals surface area contributed by atoms with Gasteiger partial charge in [-0.3, -0.25) is 19.7 Å². The van der Waals surface area contributed by atoms with Crippen LogP contribution in [-0.4, -0.2) is 65.8 Å². The van der Waals surface area contributed by atoms with E-state index < -0.39 is 28.4 Å². The summed E-state index contributed by atoms with van der Waals surface area (Å²) in [4.78, 5) is 39.5. The molecule has 1 unspecified atom stereocenters. The van der Waals surface area contributed by atoms with Crippen molar-refractivity contribution < 1.29 is 24.4 Å². The predicted octanol–water partition coefficient (Wildman–Crippen LogP) is 2.59. The van der Waals surface area contributed by atoms with Gasteiger partial charge in [-0.1, -0.05) is 18.2 Å². The molecule has 0 radical (unpaired) electrons. The van der Waals surface area contributed by atoms with E-state index in [2.05, 4.69) is 0 Å². The highest BCUT2D eigenvalue weighted by molar-refractivity contribution is 6.46. The van der Waals surface area contributed by atoms with Crippen LogP contribution in [0.5, 0.6) is 5.75 Å². The van der Waals surface area contributed by atoms with Crippen LogP contribution >= 0.6 is 0 Å². The van der Waals surface area contributed by atoms with E-state index in [4.69, 9.17) is 4.74 Å². The highest BCUT2D eigenvalue weighted by Gasteiger charge is 2.46. The number of ether oxygens (including phenoxy) is 1. The Labute approximate surface area is 179 Å². The number of nitro benzene ring substituents is 1. The van der Waals surface area contributed by atoms with Crippen molar-refractivity contribution in [1.29, 1.82) is 0 Å². The lowest BCUT2D eigenvalue weighted by Crippen LogP contribution is -2.35. The molecule has 0 spiro atoms. The number of para-hydroxylation sites is 1. The fourth-order valence-electron chi connectivity index (χ4n) is 3.53. The van der Waals surface area contributed by atoms with E-state index in [-0.39, 0.29) is 23.4 Å². The number of likely N-dealkylation sites (tertiary alicyclic amines) is 1. The molecule has 1 aliphatic heterocycles. The van der Waals surface area contributed by atoms with Crippen LogP contribution in [0.4, 0.5) is 5.69 Å². The number of methoxy groups -OCH3 is 1. The van der Waals surface area contributed by atoms with Gasteiger partial charge in [-0.05, 0) is 32.3 Å². The summed E-state index contributed by atoms with van der Waals surface area (Å²) < 4.78 is 5.44. The summed E-state index contributed by atoms with van der Waals surface area (Å²) in [6, 6.07) is 11.3. The molecule has 1 atom stereocenters. The summed E-state index contributed by atoms with van der Waals surface area (Å²) in [5.74, 6) is -1.46. The fraction of sp³-hybridized carbons (Fsp3) is 0.273. The number of amides is 1. The largest absolute Gasteiger partial charge is 0.507 e. The second kappa shape index (κ2) is 8.97. The molecule has 9 nitrogen and oxygen atoms in total. The topological polar surface area (TPSA) is 113 Å². The van der Waals surface area contributed by atoms with Gasteiger partial charge in [0.05, 0.1) is 23.6 Å². The summed E-state index contributed by atoms with van der Waals surface area (Å²) in [6.45, 7) is 0.771. The van der Waals surface area contributed by atoms with Gasteiger partial charge in [-0.2, -0.15) is 0 Å². The molecule has 0 saturated carbocycles. The number of non-ortho nitro benzene ring substituents is 1. The minimum absolute atomic E-state index is 0.0814. The Morgan fingerprint density at radius 3 is 2.39 bits per heavy atom. The van der Waals surface area contributed by atoms with Gasteiger partial charge in [0.25, 0.3) is 17.4 Å². The Morgan fingerprint density at radius 1 is 1.16 bits per heavy atom. The van der Waals surface area contributed by atoms with Crippen molar-refractivity contribution in [2.24, 2.45) is 0 Å². The van der Waals surface area contributed by atoms with Crippen LogP contribution in [-0.2, 0) is 9.59 Å². The maximum Gasteiger partial charge on any atom is 0.295 e. The molecular formula is C22H23N3O6. The standard InChI is InChI=1S/C22H23N3O6/c1-23(2)12-13-24-19(16-6-4-5-7-17(16)31-3)18(21(27)22(24)28)20(26)14-8-10-15(11-9-14)25(29)30/h4-11,19,26H,12-13H2,1-3H3/b20-18+. The molecule has 1 N–H and O–H groups in total. The predicted molar refractivity (Wildman–Crippen MR) is 114 cm³/mol. The monoisotopic (exact) mass is 425 g/mol. The first-order valence-electron chi connectivity index (χ1n) is 9.57. The number of carbonyl (C=O) groups excluding carboxylic acids is 2. The molecule has 162 valence electrons. The van der Waals surface area contributed by atoms with Gasteiger partial charge in [-0.15, -0.1) is 0 Å². The molecule has 1 saturated heterocycles. The Hall–Kier alpha value is -3.72. The summed E-state index contributed by atoms with van der Waals surface area (Å²) in [6.07, 6.45) is 0. The highest BCUT2D eigenvalue weighted by Crippen LogP contribution is 2.42. The maximum atomic E-state index is 13.0. The van der Waals surface area contributed by atoms with Gasteiger partial charge in [0.15, 0.2) is 0 Å². The van der Waals surface area contributed by atoms with Crippen molar-refractivity contribution in [3.8, 4) is 5.75 Å². The molecule has 9 heteroatoms. The molecular weight excluding hydrogens is 402 g/mol. The van der Waals surface area contributed by atoms with E-state index in [1.165, 1.54) is 36.3 Å². The molecule has 3 rings (SSSR count). The summed E-state index contributed by atoms with van der Waals surface area (Å²) in [5, 5.41) is 21.9. The van der Waals surface area contributed by atoms with Crippen molar-refractivity contribution >= 4 is 23.1 Å². The molecule has 1 aliphatic rings. The van der Waals surface area contributed by atoms with Gasteiger partial charge in [-0.25, -0.2) is 0 Å². The average molecular weight is 425 g/mol. The van der Waals surface area contributed by atoms with Gasteiger partial charge in [0.2, 0.25) is 0 Å². The van der Waals surface area contributed by atoms with Gasteiger partial charge < -0.3 is 19.6 Å². The molecule has 1 amide bonds. The summed E-state index contributed by atoms with van der Waals surface area (Å²) in [7, 11) is 5.19. The van der Waals surface area contributed by atoms with Crippen LogP contribution < -0.4 is 4.74 Å². The number of carbonyl (C=O) groups is 2. The fourth-order valence-corrected chi connectivity index (χ4v) is 3.53. The van der Waals surface area contributed by atoms with E-state index in [0.717, 1.165) is 0 Å². The van der Waals surface area contributed by atoms with E-state index in [9.17, 15) is 24.8 Å². The third kappa shape index (κ3) is 4.26. The molecule has 2 aromatic rings. The molecule has 1 heterocycles. The number of nitro groups is 1. The Kier molecular flexibility index (Phi) is 6.36. The van der Waals surface area contributed by atoms with Crippen molar-refractivity contribution in [2.45, 2.75) is 6.04 Å². The Morgan fingerprint density at radius 2 is 1.81 bits per heavy atom. The smallest absolute Gasteiger partial charge is 0.295 e. The molecule has 31 heavy (non-hydrogen) atoms. The molecule has 0 aromatic heterocycles. The van der Waals surface area contributed by atoms with Crippen LogP contribution in [0.2, 0.25) is 0 Å². The average Bonchev–Trinajstić information content (AvgIpc) is 3.01. The van der Waals surface area contributed by atoms with Gasteiger partial charge >= 0.3 is 0 Å². The molecule has 0 aliphatic carbocycles. The molecule has 2 aromatic carbocycles. The zero-order chi connectivity index (χ0) is 22.7. The van der Waals surface area contributed by atoms with Crippen LogP contribution in [0.1, 0.15) is 17.2 Å². The first-order chi connectivity index (χ1) is 14.8. The number of nitrogens with zero attached hydrogens (tertiary/aromatic N) is 3. The lowest BCUT2D eigenvalue weighted by atomic mass is 9.94. The lowest BCUT2D eigenvalue weighted by Gasteiger charge is -2.27. The first-order valence-corrected chi connectivity index (χ1v) is 9.57. The third-order valence-electron chi connectivity index (χ3n) is 5.11. The SMILES string of the molecule is COc1ccccc1C1/C(=C(\O)c2ccc([N+](=O)[O-])cc2)C(=O)C(=O)N1CCN(C)C. The van der Waals surface area contributed by atoms with Crippen LogP contribution in [0, 0.1) is 10.1 Å². The van der Waals surface area contributed by atoms with Crippen LogP contribution in [0.3, 0.4) is 0 Å². The number of hydrogen-bond donors (Lipinski definition) is 1. The second-order valence-electron chi connectivity index (χ2n) is 7.34. The number of benzene rings is 2. The number of aliphatic hydroxyl groups is 1. The van der Waals surface area contributed by atoms with Gasteiger partial charge in [0.1, 0.15) is 11.5 Å². The van der Waals surface area contributed by atoms with E-state index >= 15 is 0 Å². The number of aliphatic hydroxyl groups excluding tert-OH is 1. The van der Waals surface area contributed by atoms with Crippen molar-refractivity contribution in [2.75, 3.05) is 34.3 Å². The third-order valence-corrected chi connectivity index (χ3v) is 5.11. The van der Waals surface area contributed by atoms with Crippen LogP contribution in [0.25, 0.3) is 5.76 Å². The number of rotatable bonds is 7. The van der Waals surface area contributed by atoms with E-state index in [0.29, 0.717) is 17.9 Å². The number of ketones is 1. The van der Waals surface area contributed by atoms with Crippen molar-refractivity contribution in [3.63, 3.8) is 0 Å². The maximum absolute atomic E-state index is 13.0. The zero-order valence-electron chi connectivity index (χ0n) is 17.4. The Bertz CT molecular complexity index is 1050. The highest BCUT2D eigenvalue weighted by atomic mass is 16.6. The summed E-state index contributed by atoms with van der Waals surface area (Å²) in [5.41, 5.74) is 0.536. The van der Waals surface area contributed by atoms with E-state index in [1.807, 2.05) is 19.0 Å². The van der Waals surface area contributed by atoms with Crippen LogP contribution in [0.15, 0.2) is 54.1 Å². The minimum Gasteiger partial charge on any atom is -0.507 e. The number of likely N-dealkylation sites (N-methyl/N-ethyl adjacent to an activating group) is 1. The molecule has 1 fully saturated rings. The quantitative estimate of drug-likeness (QED) is 0.238. The normalized spacial score (nSPS) is 17.9. The lowest BCUT2D eigenvalue weighted by molar-refractivity contribution is -0.384. The second-order valence-corrected chi connectivity index (χ2v) is 7.34. The molecule has 0 bridgehead atoms. The van der Waals surface area contributed by atoms with Crippen molar-refractivity contribution in [1.82, 2.24) is 9.80 Å². The number of hydrogen-bond acceptors (Lipinski definition) is 7. The van der Waals surface area contributed by atoms with Gasteiger partial charge in [0, 0.05) is 36.3 Å². The summed E-state index contributed by atoms with van der Waals surface area (Å²) >= 11 is 0. The zero-order valence-corrected chi connectivity index (χ0v) is 17.4.